The van der Waals surface area contributed by atoms with E-state index in [1.807, 2.05) is 121 Å². The summed E-state index contributed by atoms with van der Waals surface area (Å²) in [5.74, 6) is -1.93. The summed E-state index contributed by atoms with van der Waals surface area (Å²) in [6, 6.07) is 36.0. The highest BCUT2D eigenvalue weighted by Crippen LogP contribution is 2.40. The fraction of sp³-hybridized carbons (Fsp3) is 0.289. The van der Waals surface area contributed by atoms with Gasteiger partial charge in [0.15, 0.2) is 6.29 Å². The first-order valence-electron chi connectivity index (χ1n) is 15.7. The van der Waals surface area contributed by atoms with Gasteiger partial charge in [0.2, 0.25) is 5.91 Å². The Labute approximate surface area is 281 Å². The molecule has 0 aliphatic rings. The van der Waals surface area contributed by atoms with Crippen molar-refractivity contribution in [2.24, 2.45) is 0 Å². The first kappa shape index (κ1) is 35.8. The number of aliphatic carboxylic acids is 1. The molecule has 0 saturated heterocycles. The van der Waals surface area contributed by atoms with Gasteiger partial charge in [-0.25, -0.2) is 9.59 Å². The third-order valence-electron chi connectivity index (χ3n) is 7.92. The zero-order valence-corrected chi connectivity index (χ0v) is 27.1. The minimum Gasteiger partial charge on any atom is -0.480 e. The largest absolute Gasteiger partial charge is 0.480 e. The summed E-state index contributed by atoms with van der Waals surface area (Å²) in [5.41, 5.74) is 2.32. The monoisotopic (exact) mass is 654 g/mol. The molecule has 252 valence electrons. The predicted molar refractivity (Wildman–Crippen MR) is 180 cm³/mol. The van der Waals surface area contributed by atoms with Gasteiger partial charge in [-0.05, 0) is 28.7 Å². The van der Waals surface area contributed by atoms with Crippen molar-refractivity contribution < 1.29 is 38.4 Å². The van der Waals surface area contributed by atoms with E-state index in [-0.39, 0.29) is 32.5 Å². The summed E-state index contributed by atoms with van der Waals surface area (Å²) < 4.78 is 22.6. The van der Waals surface area contributed by atoms with Crippen molar-refractivity contribution in [1.29, 1.82) is 0 Å². The Morgan fingerprint density at radius 2 is 1.12 bits per heavy atom. The van der Waals surface area contributed by atoms with Gasteiger partial charge in [-0.3, -0.25) is 4.79 Å². The standard InChI is InChI=1S/C38H42N2O8/c1-45-34(46-2)24-23-33(36(42)43)39-35(41)32(40-37(44)47-27-28-15-7-3-8-16-28)25-26-48-38(29-17-9-4-10-18-29,30-19-11-5-12-20-30)31-21-13-6-14-22-31/h3-22,32-34H,23-27H2,1-2H3,(H,39,41)(H,40,44)(H,42,43)/t32-,33+/m0/s1. The summed E-state index contributed by atoms with van der Waals surface area (Å²) in [5, 5.41) is 15.1. The number of nitrogens with one attached hydrogen (secondary N) is 2. The van der Waals surface area contributed by atoms with Crippen LogP contribution in [0.2, 0.25) is 0 Å². The van der Waals surface area contributed by atoms with Crippen molar-refractivity contribution in [3.05, 3.63) is 144 Å². The van der Waals surface area contributed by atoms with Gasteiger partial charge < -0.3 is 34.7 Å². The van der Waals surface area contributed by atoms with Crippen molar-refractivity contribution in [1.82, 2.24) is 10.6 Å². The van der Waals surface area contributed by atoms with Gasteiger partial charge in [0, 0.05) is 27.1 Å². The first-order chi connectivity index (χ1) is 23.4. The molecule has 0 unspecified atom stereocenters. The minimum absolute atomic E-state index is 0.00287. The zero-order valence-electron chi connectivity index (χ0n) is 27.1. The number of amides is 2. The first-order valence-corrected chi connectivity index (χ1v) is 15.7. The SMILES string of the molecule is COC(CC[C@@H](NC(=O)[C@H](CCOC(c1ccccc1)(c1ccccc1)c1ccccc1)NC(=O)OCc1ccccc1)C(=O)O)OC. The van der Waals surface area contributed by atoms with Crippen molar-refractivity contribution in [2.45, 2.75) is 49.8 Å². The number of methoxy groups -OCH3 is 2. The molecule has 10 nitrogen and oxygen atoms in total. The second-order valence-electron chi connectivity index (χ2n) is 11.1. The van der Waals surface area contributed by atoms with Gasteiger partial charge in [0.25, 0.3) is 0 Å². The molecule has 4 aromatic carbocycles. The molecule has 3 N–H and O–H groups in total. The molecule has 0 radical (unpaired) electrons. The highest BCUT2D eigenvalue weighted by molar-refractivity contribution is 5.89. The number of carbonyl (C=O) groups excluding carboxylic acids is 2. The van der Waals surface area contributed by atoms with Crippen LogP contribution < -0.4 is 10.6 Å². The maximum Gasteiger partial charge on any atom is 0.408 e. The van der Waals surface area contributed by atoms with Gasteiger partial charge in [-0.1, -0.05) is 121 Å². The van der Waals surface area contributed by atoms with E-state index in [0.717, 1.165) is 22.3 Å². The Morgan fingerprint density at radius 3 is 1.58 bits per heavy atom. The Balaban J connectivity index is 1.59. The third-order valence-corrected chi connectivity index (χ3v) is 7.92. The predicted octanol–water partition coefficient (Wildman–Crippen LogP) is 5.65. The van der Waals surface area contributed by atoms with Crippen LogP contribution in [-0.4, -0.2) is 62.3 Å². The number of hydrogen-bond donors (Lipinski definition) is 3. The quantitative estimate of drug-likeness (QED) is 0.0927. The minimum atomic E-state index is -1.26. The van der Waals surface area contributed by atoms with Crippen LogP contribution >= 0.6 is 0 Å². The van der Waals surface area contributed by atoms with Gasteiger partial charge in [-0.15, -0.1) is 0 Å². The Morgan fingerprint density at radius 1 is 0.646 bits per heavy atom. The number of carboxylic acids is 1. The highest BCUT2D eigenvalue weighted by Gasteiger charge is 2.38. The summed E-state index contributed by atoms with van der Waals surface area (Å²) in [6.07, 6.45) is -1.20. The maximum atomic E-state index is 13.7. The molecule has 0 fully saturated rings. The molecule has 0 bridgehead atoms. The lowest BCUT2D eigenvalue weighted by atomic mass is 9.80. The van der Waals surface area contributed by atoms with E-state index in [1.165, 1.54) is 14.2 Å². The van der Waals surface area contributed by atoms with E-state index in [1.54, 1.807) is 0 Å². The molecular formula is C38H42N2O8. The van der Waals surface area contributed by atoms with Gasteiger partial charge >= 0.3 is 12.1 Å². The zero-order chi connectivity index (χ0) is 34.2. The van der Waals surface area contributed by atoms with Crippen LogP contribution in [0.15, 0.2) is 121 Å². The Hall–Kier alpha value is -5.03. The molecular weight excluding hydrogens is 612 g/mol. The molecule has 10 heteroatoms. The lowest BCUT2D eigenvalue weighted by molar-refractivity contribution is -0.144. The van der Waals surface area contributed by atoms with Crippen LogP contribution in [0.25, 0.3) is 0 Å². The van der Waals surface area contributed by atoms with Crippen LogP contribution in [0.3, 0.4) is 0 Å². The lowest BCUT2D eigenvalue weighted by Gasteiger charge is -2.36. The topological polar surface area (TPSA) is 132 Å². The molecule has 0 aromatic heterocycles. The molecule has 48 heavy (non-hydrogen) atoms. The lowest BCUT2D eigenvalue weighted by Crippen LogP contribution is -2.52. The van der Waals surface area contributed by atoms with Crippen LogP contribution in [0.5, 0.6) is 0 Å². The van der Waals surface area contributed by atoms with Crippen LogP contribution in [0, 0.1) is 0 Å². The van der Waals surface area contributed by atoms with E-state index in [9.17, 15) is 19.5 Å². The molecule has 2 amide bonds. The number of rotatable bonds is 18. The fourth-order valence-corrected chi connectivity index (χ4v) is 5.44. The van der Waals surface area contributed by atoms with E-state index in [4.69, 9.17) is 18.9 Å². The molecule has 0 saturated carbocycles. The molecule has 0 heterocycles. The Bertz CT molecular complexity index is 1450. The second kappa shape index (κ2) is 18.3. The maximum absolute atomic E-state index is 13.7. The normalized spacial score (nSPS) is 12.6. The van der Waals surface area contributed by atoms with Gasteiger partial charge in [0.05, 0.1) is 6.61 Å². The average molecular weight is 655 g/mol. The molecule has 4 aromatic rings. The van der Waals surface area contributed by atoms with E-state index in [2.05, 4.69) is 10.6 Å². The summed E-state index contributed by atoms with van der Waals surface area (Å²) in [7, 11) is 2.90. The van der Waals surface area contributed by atoms with Crippen molar-refractivity contribution >= 4 is 18.0 Å². The number of alkyl carbamates (subject to hydrolysis) is 1. The fourth-order valence-electron chi connectivity index (χ4n) is 5.44. The number of carbonyl (C=O) groups is 3. The number of ether oxygens (including phenoxy) is 4. The van der Waals surface area contributed by atoms with Crippen molar-refractivity contribution in [3.63, 3.8) is 0 Å². The van der Waals surface area contributed by atoms with E-state index >= 15 is 0 Å². The van der Waals surface area contributed by atoms with Crippen LogP contribution in [0.4, 0.5) is 4.79 Å². The summed E-state index contributed by atoms with van der Waals surface area (Å²) in [6.45, 7) is -0.00723. The molecule has 0 aliphatic heterocycles. The average Bonchev–Trinajstić information content (AvgIpc) is 3.13. The molecule has 4 rings (SSSR count). The molecule has 0 spiro atoms. The van der Waals surface area contributed by atoms with Crippen LogP contribution in [-0.2, 0) is 40.7 Å². The van der Waals surface area contributed by atoms with Gasteiger partial charge in [0.1, 0.15) is 24.3 Å². The molecule has 2 atom stereocenters. The summed E-state index contributed by atoms with van der Waals surface area (Å²) in [4.78, 5) is 38.7. The smallest absolute Gasteiger partial charge is 0.408 e. The summed E-state index contributed by atoms with van der Waals surface area (Å²) >= 11 is 0. The van der Waals surface area contributed by atoms with E-state index in [0.29, 0.717) is 0 Å². The van der Waals surface area contributed by atoms with Crippen molar-refractivity contribution in [2.75, 3.05) is 20.8 Å². The molecule has 0 aliphatic carbocycles. The Kier molecular flexibility index (Phi) is 13.7. The number of hydrogen-bond acceptors (Lipinski definition) is 7. The van der Waals surface area contributed by atoms with Gasteiger partial charge in [-0.2, -0.15) is 0 Å². The second-order valence-corrected chi connectivity index (χ2v) is 11.1. The number of carboxylic acid groups (broad SMARTS) is 1. The van der Waals surface area contributed by atoms with Crippen LogP contribution in [0.1, 0.15) is 41.5 Å². The number of benzene rings is 4. The van der Waals surface area contributed by atoms with Crippen molar-refractivity contribution in [3.8, 4) is 0 Å². The van der Waals surface area contributed by atoms with E-state index < -0.39 is 41.9 Å². The third kappa shape index (κ3) is 9.74. The highest BCUT2D eigenvalue weighted by atomic mass is 16.7.